The zero-order chi connectivity index (χ0) is 19.9. The molecule has 1 aliphatic carbocycles. The Hall–Kier alpha value is -2.06. The molecular formula is C25H32OSi. The number of aryl methyl sites for hydroxylation is 1. The van der Waals surface area contributed by atoms with Crippen LogP contribution >= 0.6 is 0 Å². The van der Waals surface area contributed by atoms with E-state index in [0.29, 0.717) is 5.92 Å². The summed E-state index contributed by atoms with van der Waals surface area (Å²) in [5, 5.41) is 3.06. The van der Waals surface area contributed by atoms with Crippen LogP contribution in [0.1, 0.15) is 33.3 Å². The topological polar surface area (TPSA) is 9.23 Å². The molecule has 0 N–H and O–H groups in total. The summed E-state index contributed by atoms with van der Waals surface area (Å²) >= 11 is 0. The Labute approximate surface area is 165 Å². The third-order valence-electron chi connectivity index (χ3n) is 6.51. The Morgan fingerprint density at radius 2 is 1.52 bits per heavy atom. The minimum Gasteiger partial charge on any atom is -0.496 e. The molecule has 0 saturated heterocycles. The van der Waals surface area contributed by atoms with E-state index < -0.39 is 8.07 Å². The second-order valence-corrected chi connectivity index (χ2v) is 12.8. The van der Waals surface area contributed by atoms with Crippen LogP contribution in [0.2, 0.25) is 13.1 Å². The predicted molar refractivity (Wildman–Crippen MR) is 121 cm³/mol. The summed E-state index contributed by atoms with van der Waals surface area (Å²) in [5.41, 5.74) is 8.24. The molecule has 2 aromatic rings. The van der Waals surface area contributed by atoms with Gasteiger partial charge in [-0.25, -0.2) is 0 Å². The number of benzene rings is 2. The lowest BCUT2D eigenvalue weighted by Gasteiger charge is -2.32. The molecule has 0 radical (unpaired) electrons. The molecule has 3 rings (SSSR count). The first kappa shape index (κ1) is 19.7. The van der Waals surface area contributed by atoms with Crippen LogP contribution in [0, 0.1) is 12.8 Å². The van der Waals surface area contributed by atoms with E-state index in [1.54, 1.807) is 5.20 Å². The number of methoxy groups -OCH3 is 1. The van der Waals surface area contributed by atoms with Crippen molar-refractivity contribution in [3.05, 3.63) is 69.9 Å². The smallest absolute Gasteiger partial charge is 0.126 e. The second kappa shape index (κ2) is 7.16. The molecule has 0 amide bonds. The third kappa shape index (κ3) is 3.21. The highest BCUT2D eigenvalue weighted by Gasteiger charge is 2.39. The summed E-state index contributed by atoms with van der Waals surface area (Å²) in [7, 11) is -0.0858. The van der Waals surface area contributed by atoms with E-state index >= 15 is 0 Å². The van der Waals surface area contributed by atoms with Crippen LogP contribution in [-0.4, -0.2) is 15.2 Å². The zero-order valence-electron chi connectivity index (χ0n) is 18.0. The maximum atomic E-state index is 6.05. The second-order valence-electron chi connectivity index (χ2n) is 8.45. The number of ether oxygens (including phenoxy) is 1. The van der Waals surface area contributed by atoms with Gasteiger partial charge in [0, 0.05) is 5.56 Å². The van der Waals surface area contributed by atoms with Crippen LogP contribution < -0.4 is 9.92 Å². The van der Waals surface area contributed by atoms with Crippen molar-refractivity contribution in [2.45, 2.75) is 47.7 Å². The van der Waals surface area contributed by atoms with E-state index in [4.69, 9.17) is 4.74 Å². The number of hydrogen-bond donors (Lipinski definition) is 0. The van der Waals surface area contributed by atoms with E-state index in [9.17, 15) is 0 Å². The predicted octanol–water partition coefficient (Wildman–Crippen LogP) is 6.43. The molecule has 2 aromatic carbocycles. The van der Waals surface area contributed by atoms with Gasteiger partial charge < -0.3 is 4.74 Å². The quantitative estimate of drug-likeness (QED) is 0.559. The van der Waals surface area contributed by atoms with Crippen molar-refractivity contribution < 1.29 is 4.74 Å². The minimum absolute atomic E-state index is 0.525. The van der Waals surface area contributed by atoms with Gasteiger partial charge in [0.1, 0.15) is 13.8 Å². The van der Waals surface area contributed by atoms with Gasteiger partial charge in [-0.05, 0) is 56.0 Å². The molecule has 1 nitrogen and oxygen atoms in total. The Morgan fingerprint density at radius 1 is 0.889 bits per heavy atom. The van der Waals surface area contributed by atoms with Gasteiger partial charge in [-0.15, -0.1) is 0 Å². The van der Waals surface area contributed by atoms with Gasteiger partial charge in [0.15, 0.2) is 0 Å². The first-order chi connectivity index (χ1) is 12.7. The first-order valence-electron chi connectivity index (χ1n) is 9.83. The van der Waals surface area contributed by atoms with Gasteiger partial charge in [-0.2, -0.15) is 0 Å². The fourth-order valence-electron chi connectivity index (χ4n) is 4.81. The van der Waals surface area contributed by atoms with Crippen molar-refractivity contribution in [3.63, 3.8) is 0 Å². The van der Waals surface area contributed by atoms with Gasteiger partial charge in [0.25, 0.3) is 0 Å². The highest BCUT2D eigenvalue weighted by molar-refractivity contribution is 6.96. The van der Waals surface area contributed by atoms with Crippen molar-refractivity contribution in [1.82, 2.24) is 0 Å². The number of rotatable bonds is 4. The lowest BCUT2D eigenvalue weighted by molar-refractivity contribution is 0.419. The summed E-state index contributed by atoms with van der Waals surface area (Å²) in [6, 6.07) is 15.2. The lowest BCUT2D eigenvalue weighted by atomic mass is 10.0. The summed E-state index contributed by atoms with van der Waals surface area (Å²) in [4.78, 5) is 0. The molecule has 0 spiro atoms. The van der Waals surface area contributed by atoms with Gasteiger partial charge in [0.05, 0.1) is 7.11 Å². The van der Waals surface area contributed by atoms with Crippen molar-refractivity contribution >= 4 is 13.3 Å². The molecule has 0 heterocycles. The van der Waals surface area contributed by atoms with E-state index in [-0.39, 0.29) is 0 Å². The van der Waals surface area contributed by atoms with Crippen molar-refractivity contribution in [3.8, 4) is 16.9 Å². The fraction of sp³-hybridized carbons (Fsp3) is 0.360. The summed E-state index contributed by atoms with van der Waals surface area (Å²) in [6.45, 7) is 16.4. The van der Waals surface area contributed by atoms with E-state index in [0.717, 1.165) is 5.75 Å². The average Bonchev–Trinajstić information content (AvgIpc) is 2.85. The van der Waals surface area contributed by atoms with Gasteiger partial charge >= 0.3 is 0 Å². The normalized spacial score (nSPS) is 17.7. The third-order valence-corrected chi connectivity index (χ3v) is 10.4. The number of allylic oxidation sites excluding steroid dienone is 4. The van der Waals surface area contributed by atoms with E-state index in [1.807, 2.05) is 7.11 Å². The molecule has 0 fully saturated rings. The number of hydrogen-bond acceptors (Lipinski definition) is 1. The van der Waals surface area contributed by atoms with Crippen LogP contribution in [0.3, 0.4) is 0 Å². The molecule has 1 atom stereocenters. The average molecular weight is 377 g/mol. The summed E-state index contributed by atoms with van der Waals surface area (Å²) in [5.74, 6) is 1.58. The Kier molecular flexibility index (Phi) is 5.22. The minimum atomic E-state index is -1.90. The summed E-state index contributed by atoms with van der Waals surface area (Å²) in [6.07, 6.45) is 0. The maximum absolute atomic E-state index is 6.05. The molecule has 0 aliphatic heterocycles. The van der Waals surface area contributed by atoms with Gasteiger partial charge in [-0.3, -0.25) is 0 Å². The molecule has 142 valence electrons. The van der Waals surface area contributed by atoms with Crippen LogP contribution in [0.15, 0.2) is 64.4 Å². The van der Waals surface area contributed by atoms with Crippen LogP contribution in [-0.2, 0) is 0 Å². The zero-order valence-corrected chi connectivity index (χ0v) is 19.0. The van der Waals surface area contributed by atoms with E-state index in [1.165, 1.54) is 38.6 Å². The monoisotopic (exact) mass is 376 g/mol. The first-order valence-corrected chi connectivity index (χ1v) is 12.8. The molecule has 1 unspecified atom stereocenters. The molecule has 0 saturated carbocycles. The van der Waals surface area contributed by atoms with Crippen LogP contribution in [0.5, 0.6) is 5.75 Å². The molecule has 0 aromatic heterocycles. The summed E-state index contributed by atoms with van der Waals surface area (Å²) < 4.78 is 6.05. The highest BCUT2D eigenvalue weighted by Crippen LogP contribution is 2.43. The van der Waals surface area contributed by atoms with Crippen molar-refractivity contribution in [1.29, 1.82) is 0 Å². The highest BCUT2D eigenvalue weighted by atomic mass is 28.3. The molecular weight excluding hydrogens is 344 g/mol. The van der Waals surface area contributed by atoms with Gasteiger partial charge in [0.2, 0.25) is 0 Å². The Morgan fingerprint density at radius 3 is 2.04 bits per heavy atom. The largest absolute Gasteiger partial charge is 0.496 e. The van der Waals surface area contributed by atoms with E-state index in [2.05, 4.69) is 90.2 Å². The molecule has 27 heavy (non-hydrogen) atoms. The van der Waals surface area contributed by atoms with Gasteiger partial charge in [-0.1, -0.05) is 78.3 Å². The van der Waals surface area contributed by atoms with Crippen LogP contribution in [0.25, 0.3) is 11.1 Å². The van der Waals surface area contributed by atoms with Crippen molar-refractivity contribution in [2.75, 3.05) is 7.11 Å². The Bertz CT molecular complexity index is 932. The van der Waals surface area contributed by atoms with Crippen molar-refractivity contribution in [2.24, 2.45) is 5.92 Å². The lowest BCUT2D eigenvalue weighted by Crippen LogP contribution is -2.46. The molecule has 0 bridgehead atoms. The molecule has 1 aliphatic rings. The SMILES string of the molecule is COc1c(-c2ccccc2)cc(C)cc1[Si](C)(C)C1=C(C)C(C)=C(C)C1C. The van der Waals surface area contributed by atoms with Crippen LogP contribution in [0.4, 0.5) is 0 Å². The molecule has 2 heteroatoms. The fourth-order valence-corrected chi connectivity index (χ4v) is 8.92. The Balaban J connectivity index is 2.25. The maximum Gasteiger partial charge on any atom is 0.126 e. The standard InChI is InChI=1S/C25H32OSi/c1-16-14-22(21-12-10-9-11-13-21)24(26-6)23(15-16)27(7,8)25-19(4)17(2)18(3)20(25)5/h9-15,19H,1-8H3.